The lowest BCUT2D eigenvalue weighted by molar-refractivity contribution is 0.421. The van der Waals surface area contributed by atoms with E-state index in [9.17, 15) is 0 Å². The smallest absolute Gasteiger partial charge is 0.160 e. The van der Waals surface area contributed by atoms with Crippen molar-refractivity contribution < 1.29 is 4.74 Å². The molecule has 1 unspecified atom stereocenters. The Hall–Kier alpha value is -8.15. The molecule has 5 heteroatoms. The Morgan fingerprint density at radius 3 is 1.41 bits per heavy atom. The number of para-hydroxylation sites is 2. The second kappa shape index (κ2) is 16.3. The summed E-state index contributed by atoms with van der Waals surface area (Å²) in [5.41, 5.74) is 15.3. The van der Waals surface area contributed by atoms with E-state index >= 15 is 0 Å². The average Bonchev–Trinajstić information content (AvgIpc) is 3.37. The second-order valence-electron chi connectivity index (χ2n) is 16.9. The summed E-state index contributed by atoms with van der Waals surface area (Å²) in [6, 6.07) is 73.8. The third-order valence-corrected chi connectivity index (χ3v) is 12.4. The fraction of sp³-hybridized carbons (Fsp3) is 0.0678. The molecule has 0 bridgehead atoms. The van der Waals surface area contributed by atoms with E-state index < -0.39 is 0 Å². The molecule has 0 radical (unpaired) electrons. The number of amidine groups is 1. The molecular weight excluding hydrogens is 781 g/mol. The predicted molar refractivity (Wildman–Crippen MR) is 261 cm³/mol. The van der Waals surface area contributed by atoms with E-state index in [1.165, 1.54) is 5.56 Å². The first kappa shape index (κ1) is 38.7. The molecule has 1 aromatic heterocycles. The van der Waals surface area contributed by atoms with E-state index in [2.05, 4.69) is 195 Å². The monoisotopic (exact) mass is 824 g/mol. The van der Waals surface area contributed by atoms with Gasteiger partial charge in [-0.25, -0.2) is 15.0 Å². The molecular formula is C59H44N4O. The van der Waals surface area contributed by atoms with Crippen molar-refractivity contribution in [3.8, 4) is 67.7 Å². The summed E-state index contributed by atoms with van der Waals surface area (Å²) in [7, 11) is 0. The van der Waals surface area contributed by atoms with Gasteiger partial charge in [0, 0.05) is 49.9 Å². The molecule has 2 aliphatic heterocycles. The lowest BCUT2D eigenvalue weighted by Gasteiger charge is -2.36. The van der Waals surface area contributed by atoms with Crippen molar-refractivity contribution in [2.75, 3.05) is 0 Å². The van der Waals surface area contributed by atoms with Crippen LogP contribution in [0.4, 0.5) is 0 Å². The highest BCUT2D eigenvalue weighted by molar-refractivity contribution is 6.03. The molecule has 0 spiro atoms. The van der Waals surface area contributed by atoms with Gasteiger partial charge in [-0.05, 0) is 34.4 Å². The molecule has 11 rings (SSSR count). The highest BCUT2D eigenvalue weighted by Crippen LogP contribution is 2.54. The minimum absolute atomic E-state index is 0.0162. The number of hydrogen-bond acceptors (Lipinski definition) is 5. The molecule has 64 heavy (non-hydrogen) atoms. The van der Waals surface area contributed by atoms with Gasteiger partial charge >= 0.3 is 0 Å². The maximum atomic E-state index is 7.13. The van der Waals surface area contributed by atoms with Gasteiger partial charge in [-0.15, -0.1) is 0 Å². The Morgan fingerprint density at radius 2 is 0.891 bits per heavy atom. The van der Waals surface area contributed by atoms with Crippen LogP contribution in [0.15, 0.2) is 223 Å². The summed E-state index contributed by atoms with van der Waals surface area (Å²) in [5.74, 6) is 3.27. The fourth-order valence-corrected chi connectivity index (χ4v) is 8.97. The average molecular weight is 825 g/mol. The van der Waals surface area contributed by atoms with Gasteiger partial charge in [-0.1, -0.05) is 220 Å². The molecule has 2 aliphatic rings. The normalized spacial score (nSPS) is 14.8. The molecule has 0 amide bonds. The van der Waals surface area contributed by atoms with Crippen LogP contribution in [-0.2, 0) is 5.41 Å². The number of ether oxygens (including phenoxy) is 1. The van der Waals surface area contributed by atoms with E-state index in [1.54, 1.807) is 0 Å². The maximum Gasteiger partial charge on any atom is 0.160 e. The number of benzene rings is 8. The van der Waals surface area contributed by atoms with Gasteiger partial charge in [0.1, 0.15) is 17.3 Å². The SMILES string of the molecule is CC1(C)c2cccc(-c3ccc(C4=NC(c5ccccc5)=CC(c5ccccc5)N4)cc3)c2Oc2c(-c3ccc(-c4nc(-c5ccccc5)cc(-c5ccccc5)n4)cc3)cccc21. The number of nitrogens with zero attached hydrogens (tertiary/aromatic N) is 3. The highest BCUT2D eigenvalue weighted by atomic mass is 16.5. The summed E-state index contributed by atoms with van der Waals surface area (Å²) < 4.78 is 7.13. The van der Waals surface area contributed by atoms with Crippen LogP contribution in [0.1, 0.15) is 47.7 Å². The topological polar surface area (TPSA) is 59.4 Å². The van der Waals surface area contributed by atoms with Crippen molar-refractivity contribution >= 4 is 11.5 Å². The first-order valence-electron chi connectivity index (χ1n) is 21.8. The summed E-state index contributed by atoms with van der Waals surface area (Å²) in [4.78, 5) is 15.3. The zero-order valence-corrected chi connectivity index (χ0v) is 35.6. The third kappa shape index (κ3) is 7.27. The van der Waals surface area contributed by atoms with Gasteiger partial charge in [0.05, 0.1) is 23.1 Å². The molecule has 1 atom stereocenters. The number of rotatable bonds is 8. The van der Waals surface area contributed by atoms with Gasteiger partial charge in [0.2, 0.25) is 0 Å². The first-order valence-corrected chi connectivity index (χ1v) is 21.8. The van der Waals surface area contributed by atoms with Crippen LogP contribution >= 0.6 is 0 Å². The molecule has 0 fully saturated rings. The third-order valence-electron chi connectivity index (χ3n) is 12.4. The zero-order valence-electron chi connectivity index (χ0n) is 35.6. The van der Waals surface area contributed by atoms with E-state index in [-0.39, 0.29) is 11.5 Å². The van der Waals surface area contributed by atoms with Crippen LogP contribution in [0.25, 0.3) is 61.9 Å². The molecule has 5 nitrogen and oxygen atoms in total. The van der Waals surface area contributed by atoms with Crippen molar-refractivity contribution in [2.24, 2.45) is 4.99 Å². The number of aliphatic imine (C=N–C) groups is 1. The summed E-state index contributed by atoms with van der Waals surface area (Å²) in [6.45, 7) is 4.59. The number of fused-ring (bicyclic) bond motifs is 2. The summed E-state index contributed by atoms with van der Waals surface area (Å²) in [6.07, 6.45) is 2.21. The zero-order chi connectivity index (χ0) is 43.0. The van der Waals surface area contributed by atoms with Gasteiger partial charge in [-0.3, -0.25) is 0 Å². The van der Waals surface area contributed by atoms with E-state index in [0.717, 1.165) is 95.6 Å². The molecule has 1 N–H and O–H groups in total. The summed E-state index contributed by atoms with van der Waals surface area (Å²) in [5, 5.41) is 3.71. The van der Waals surface area contributed by atoms with E-state index in [4.69, 9.17) is 19.7 Å². The van der Waals surface area contributed by atoms with Crippen LogP contribution in [-0.4, -0.2) is 15.8 Å². The van der Waals surface area contributed by atoms with Crippen molar-refractivity contribution in [1.29, 1.82) is 0 Å². The van der Waals surface area contributed by atoms with Gasteiger partial charge in [0.15, 0.2) is 5.82 Å². The Labute approximate surface area is 374 Å². The number of nitrogens with one attached hydrogen (secondary N) is 1. The van der Waals surface area contributed by atoms with Crippen molar-refractivity contribution in [3.63, 3.8) is 0 Å². The lowest BCUT2D eigenvalue weighted by Crippen LogP contribution is -2.31. The molecule has 306 valence electrons. The Bertz CT molecular complexity index is 3140. The lowest BCUT2D eigenvalue weighted by atomic mass is 9.74. The van der Waals surface area contributed by atoms with E-state index in [1.807, 2.05) is 42.5 Å². The molecule has 0 aliphatic carbocycles. The molecule has 9 aromatic rings. The van der Waals surface area contributed by atoms with Gasteiger partial charge < -0.3 is 10.1 Å². The largest absolute Gasteiger partial charge is 0.455 e. The molecule has 0 saturated carbocycles. The van der Waals surface area contributed by atoms with Gasteiger partial charge in [0.25, 0.3) is 0 Å². The molecule has 8 aromatic carbocycles. The van der Waals surface area contributed by atoms with Crippen LogP contribution in [0.5, 0.6) is 11.5 Å². The van der Waals surface area contributed by atoms with Crippen molar-refractivity contribution in [3.05, 3.63) is 246 Å². The maximum absolute atomic E-state index is 7.13. The first-order chi connectivity index (χ1) is 31.5. The molecule has 3 heterocycles. The van der Waals surface area contributed by atoms with Crippen LogP contribution in [0.2, 0.25) is 0 Å². The predicted octanol–water partition coefficient (Wildman–Crippen LogP) is 14.4. The standard InChI is InChI=1S/C59H44N4O/c1-59(2)49-27-15-25-47(39-29-33-45(34-30-39)57-60-51(41-17-7-3-8-18-41)37-52(61-57)42-19-9-4-10-20-42)55(49)64-56-48(26-16-28-50(56)59)40-31-35-46(36-32-40)58-62-53(43-21-11-5-12-22-43)38-54(63-58)44-23-13-6-14-24-44/h3-38,51H,1-2H3,(H,60,61). The fourth-order valence-electron chi connectivity index (χ4n) is 8.97. The second-order valence-corrected chi connectivity index (χ2v) is 16.9. The minimum atomic E-state index is -0.318. The Kier molecular flexibility index (Phi) is 9.86. The summed E-state index contributed by atoms with van der Waals surface area (Å²) >= 11 is 0. The highest BCUT2D eigenvalue weighted by Gasteiger charge is 2.37. The molecule has 0 saturated heterocycles. The Morgan fingerprint density at radius 1 is 0.438 bits per heavy atom. The Balaban J connectivity index is 0.921. The van der Waals surface area contributed by atoms with Crippen LogP contribution in [0, 0.1) is 0 Å². The van der Waals surface area contributed by atoms with Crippen LogP contribution < -0.4 is 10.1 Å². The van der Waals surface area contributed by atoms with Crippen molar-refractivity contribution in [2.45, 2.75) is 25.3 Å². The van der Waals surface area contributed by atoms with Gasteiger partial charge in [-0.2, -0.15) is 0 Å². The minimum Gasteiger partial charge on any atom is -0.455 e. The van der Waals surface area contributed by atoms with E-state index in [0.29, 0.717) is 5.82 Å². The number of hydrogen-bond donors (Lipinski definition) is 1. The van der Waals surface area contributed by atoms with Crippen molar-refractivity contribution in [1.82, 2.24) is 15.3 Å². The van der Waals surface area contributed by atoms with Crippen LogP contribution in [0.3, 0.4) is 0 Å². The quantitative estimate of drug-likeness (QED) is 0.166. The number of aromatic nitrogens is 2.